The second kappa shape index (κ2) is 6.55. The molecule has 0 spiro atoms. The molecule has 3 rings (SSSR count). The van der Waals surface area contributed by atoms with E-state index in [4.69, 9.17) is 9.72 Å². The van der Waals surface area contributed by atoms with Crippen LogP contribution >= 0.6 is 0 Å². The van der Waals surface area contributed by atoms with Gasteiger partial charge in [-0.05, 0) is 69.7 Å². The van der Waals surface area contributed by atoms with E-state index in [1.54, 1.807) is 6.07 Å². The lowest BCUT2D eigenvalue weighted by molar-refractivity contribution is 0.0699. The maximum absolute atomic E-state index is 11.7. The highest BCUT2D eigenvalue weighted by atomic mass is 16.5. The fourth-order valence-corrected chi connectivity index (χ4v) is 2.98. The number of aromatic nitrogens is 1. The molecule has 0 bridgehead atoms. The van der Waals surface area contributed by atoms with Crippen LogP contribution < -0.4 is 4.74 Å². The van der Waals surface area contributed by atoms with Crippen LogP contribution in [-0.4, -0.2) is 22.2 Å². The summed E-state index contributed by atoms with van der Waals surface area (Å²) in [4.78, 5) is 16.5. The molecule has 0 aliphatic heterocycles. The lowest BCUT2D eigenvalue weighted by Crippen LogP contribution is -2.05. The number of rotatable bonds is 4. The van der Waals surface area contributed by atoms with Crippen LogP contribution in [0.5, 0.6) is 5.75 Å². The van der Waals surface area contributed by atoms with Crippen molar-refractivity contribution < 1.29 is 14.6 Å². The SMILES string of the molecule is Cc1cc(C)c2nc(-c3ccc(OC(C)C)cc3)cc(C(=O)O)c2c1. The average Bonchev–Trinajstić information content (AvgIpc) is 2.54. The van der Waals surface area contributed by atoms with E-state index >= 15 is 0 Å². The van der Waals surface area contributed by atoms with Crippen molar-refractivity contribution in [3.8, 4) is 17.0 Å². The lowest BCUT2D eigenvalue weighted by atomic mass is 10.00. The first kappa shape index (κ1) is 17.0. The minimum absolute atomic E-state index is 0.106. The summed E-state index contributed by atoms with van der Waals surface area (Å²) in [6.45, 7) is 7.86. The van der Waals surface area contributed by atoms with Crippen molar-refractivity contribution in [2.24, 2.45) is 0 Å². The Bertz CT molecular complexity index is 944. The number of fused-ring (bicyclic) bond motifs is 1. The van der Waals surface area contributed by atoms with Gasteiger partial charge in [0, 0.05) is 10.9 Å². The molecule has 0 saturated carbocycles. The minimum atomic E-state index is -0.946. The van der Waals surface area contributed by atoms with Gasteiger partial charge in [0.25, 0.3) is 0 Å². The highest BCUT2D eigenvalue weighted by Gasteiger charge is 2.15. The summed E-state index contributed by atoms with van der Waals surface area (Å²) in [5.74, 6) is -0.164. The van der Waals surface area contributed by atoms with Crippen LogP contribution in [0.4, 0.5) is 0 Å². The van der Waals surface area contributed by atoms with Crippen LogP contribution in [0.2, 0.25) is 0 Å². The molecule has 2 aromatic carbocycles. The van der Waals surface area contributed by atoms with E-state index in [1.807, 2.05) is 64.1 Å². The van der Waals surface area contributed by atoms with E-state index in [1.165, 1.54) is 0 Å². The largest absolute Gasteiger partial charge is 0.491 e. The fraction of sp³-hybridized carbons (Fsp3) is 0.238. The number of benzene rings is 2. The summed E-state index contributed by atoms with van der Waals surface area (Å²) in [5, 5.41) is 10.3. The quantitative estimate of drug-likeness (QED) is 0.728. The zero-order valence-electron chi connectivity index (χ0n) is 14.8. The molecule has 4 nitrogen and oxygen atoms in total. The summed E-state index contributed by atoms with van der Waals surface area (Å²) in [6, 6.07) is 13.1. The lowest BCUT2D eigenvalue weighted by Gasteiger charge is -2.12. The van der Waals surface area contributed by atoms with Crippen LogP contribution in [0.15, 0.2) is 42.5 Å². The molecule has 0 aliphatic carbocycles. The predicted octanol–water partition coefficient (Wildman–Crippen LogP) is 5.00. The van der Waals surface area contributed by atoms with Crippen molar-refractivity contribution in [3.05, 3.63) is 59.2 Å². The molecule has 1 N–H and O–H groups in total. The minimum Gasteiger partial charge on any atom is -0.491 e. The summed E-state index contributed by atoms with van der Waals surface area (Å²) in [5.41, 5.74) is 4.50. The van der Waals surface area contributed by atoms with Crippen molar-refractivity contribution in [2.75, 3.05) is 0 Å². The normalized spacial score (nSPS) is 11.1. The first-order valence-corrected chi connectivity index (χ1v) is 8.27. The molecule has 0 amide bonds. The molecule has 25 heavy (non-hydrogen) atoms. The summed E-state index contributed by atoms with van der Waals surface area (Å²) in [6.07, 6.45) is 0.106. The summed E-state index contributed by atoms with van der Waals surface area (Å²) in [7, 11) is 0. The Kier molecular flexibility index (Phi) is 4.45. The van der Waals surface area contributed by atoms with Gasteiger partial charge < -0.3 is 9.84 Å². The van der Waals surface area contributed by atoms with Crippen LogP contribution in [0.3, 0.4) is 0 Å². The van der Waals surface area contributed by atoms with Gasteiger partial charge in [0.1, 0.15) is 5.75 Å². The fourth-order valence-electron chi connectivity index (χ4n) is 2.98. The molecule has 128 valence electrons. The standard InChI is InChI=1S/C21H21NO3/c1-12(2)25-16-7-5-15(6-8-16)19-11-18(21(23)24)17-10-13(3)9-14(4)20(17)22-19/h5-12H,1-4H3,(H,23,24). The third-order valence-corrected chi connectivity index (χ3v) is 4.00. The van der Waals surface area contributed by atoms with Gasteiger partial charge in [-0.2, -0.15) is 0 Å². The molecule has 0 fully saturated rings. The Labute approximate surface area is 147 Å². The smallest absolute Gasteiger partial charge is 0.336 e. The van der Waals surface area contributed by atoms with Crippen LogP contribution in [0.25, 0.3) is 22.2 Å². The predicted molar refractivity (Wildman–Crippen MR) is 99.4 cm³/mol. The van der Waals surface area contributed by atoms with Gasteiger partial charge in [-0.15, -0.1) is 0 Å². The topological polar surface area (TPSA) is 59.4 Å². The molecule has 1 aromatic heterocycles. The monoisotopic (exact) mass is 335 g/mol. The Morgan fingerprint density at radius 2 is 1.76 bits per heavy atom. The highest BCUT2D eigenvalue weighted by Crippen LogP contribution is 2.29. The Balaban J connectivity index is 2.15. The number of pyridine rings is 1. The van der Waals surface area contributed by atoms with E-state index in [0.717, 1.165) is 28.0 Å². The first-order valence-electron chi connectivity index (χ1n) is 8.27. The van der Waals surface area contributed by atoms with Gasteiger partial charge in [-0.3, -0.25) is 0 Å². The number of ether oxygens (including phenoxy) is 1. The van der Waals surface area contributed by atoms with Crippen molar-refractivity contribution in [3.63, 3.8) is 0 Å². The van der Waals surface area contributed by atoms with Crippen molar-refractivity contribution >= 4 is 16.9 Å². The Morgan fingerprint density at radius 3 is 2.36 bits per heavy atom. The molecule has 4 heteroatoms. The molecule has 0 aliphatic rings. The third-order valence-electron chi connectivity index (χ3n) is 4.00. The Hall–Kier alpha value is -2.88. The zero-order valence-corrected chi connectivity index (χ0v) is 14.8. The number of nitrogens with zero attached hydrogens (tertiary/aromatic N) is 1. The number of carboxylic acid groups (broad SMARTS) is 1. The van der Waals surface area contributed by atoms with Crippen molar-refractivity contribution in [1.82, 2.24) is 4.98 Å². The van der Waals surface area contributed by atoms with E-state index < -0.39 is 5.97 Å². The van der Waals surface area contributed by atoms with Crippen molar-refractivity contribution in [2.45, 2.75) is 33.8 Å². The molecule has 1 heterocycles. The average molecular weight is 335 g/mol. The number of carboxylic acids is 1. The van der Waals surface area contributed by atoms with E-state index in [9.17, 15) is 9.90 Å². The maximum Gasteiger partial charge on any atom is 0.336 e. The number of aromatic carboxylic acids is 1. The van der Waals surface area contributed by atoms with Crippen molar-refractivity contribution in [1.29, 1.82) is 0 Å². The third kappa shape index (κ3) is 3.48. The number of hydrogen-bond acceptors (Lipinski definition) is 3. The Morgan fingerprint density at radius 1 is 1.08 bits per heavy atom. The molecular formula is C21H21NO3. The first-order chi connectivity index (χ1) is 11.8. The van der Waals surface area contributed by atoms with Gasteiger partial charge in [0.2, 0.25) is 0 Å². The summed E-state index contributed by atoms with van der Waals surface area (Å²) >= 11 is 0. The van der Waals surface area contributed by atoms with Crippen LogP contribution in [0, 0.1) is 13.8 Å². The van der Waals surface area contributed by atoms with E-state index in [0.29, 0.717) is 11.1 Å². The van der Waals surface area contributed by atoms with Crippen LogP contribution in [0.1, 0.15) is 35.3 Å². The molecule has 0 unspecified atom stereocenters. The summed E-state index contributed by atoms with van der Waals surface area (Å²) < 4.78 is 5.66. The van der Waals surface area contributed by atoms with E-state index in [-0.39, 0.29) is 11.7 Å². The number of aryl methyl sites for hydroxylation is 2. The zero-order chi connectivity index (χ0) is 18.1. The molecule has 0 atom stereocenters. The molecule has 0 saturated heterocycles. The highest BCUT2D eigenvalue weighted by molar-refractivity contribution is 6.04. The maximum atomic E-state index is 11.7. The van der Waals surface area contributed by atoms with Gasteiger partial charge in [-0.25, -0.2) is 9.78 Å². The van der Waals surface area contributed by atoms with Crippen LogP contribution in [-0.2, 0) is 0 Å². The van der Waals surface area contributed by atoms with Gasteiger partial charge >= 0.3 is 5.97 Å². The van der Waals surface area contributed by atoms with Gasteiger partial charge in [0.15, 0.2) is 0 Å². The van der Waals surface area contributed by atoms with E-state index in [2.05, 4.69) is 0 Å². The van der Waals surface area contributed by atoms with Gasteiger partial charge in [0.05, 0.1) is 22.9 Å². The second-order valence-electron chi connectivity index (χ2n) is 6.53. The molecule has 3 aromatic rings. The number of carbonyl (C=O) groups is 1. The molecular weight excluding hydrogens is 314 g/mol. The second-order valence-corrected chi connectivity index (χ2v) is 6.53. The molecule has 0 radical (unpaired) electrons. The van der Waals surface area contributed by atoms with Gasteiger partial charge in [-0.1, -0.05) is 11.6 Å². The number of hydrogen-bond donors (Lipinski definition) is 1.